The summed E-state index contributed by atoms with van der Waals surface area (Å²) in [4.78, 5) is 23.3. The molecule has 0 saturated heterocycles. The Morgan fingerprint density at radius 3 is 2.38 bits per heavy atom. The average Bonchev–Trinajstić information content (AvgIpc) is 2.16. The number of amides is 1. The Morgan fingerprint density at radius 2 is 1.94 bits per heavy atom. The van der Waals surface area contributed by atoms with Gasteiger partial charge in [0.15, 0.2) is 0 Å². The van der Waals surface area contributed by atoms with Crippen LogP contribution < -0.4 is 0 Å². The molecular formula is C11H20FNO3. The van der Waals surface area contributed by atoms with Gasteiger partial charge in [-0.1, -0.05) is 20.3 Å². The number of hydrogen-bond donors (Lipinski definition) is 1. The lowest BCUT2D eigenvalue weighted by atomic mass is 10.1. The Bertz CT molecular complexity index is 233. The number of aliphatic carboxylic acids is 1. The fourth-order valence-corrected chi connectivity index (χ4v) is 1.46. The Kier molecular flexibility index (Phi) is 7.50. The number of alkyl halides is 1. The number of halogens is 1. The zero-order chi connectivity index (χ0) is 12.6. The minimum atomic E-state index is -1.16. The summed E-state index contributed by atoms with van der Waals surface area (Å²) >= 11 is 0. The number of nitrogens with zero attached hydrogens (tertiary/aromatic N) is 1. The first kappa shape index (κ1) is 14.9. The van der Waals surface area contributed by atoms with E-state index in [-0.39, 0.29) is 13.0 Å². The molecule has 0 aliphatic heterocycles. The Hall–Kier alpha value is -1.13. The molecule has 1 N–H and O–H groups in total. The maximum Gasteiger partial charge on any atom is 0.323 e. The van der Waals surface area contributed by atoms with Gasteiger partial charge in [0.25, 0.3) is 0 Å². The summed E-state index contributed by atoms with van der Waals surface area (Å²) in [6.07, 6.45) is 0.329. The van der Waals surface area contributed by atoms with Crippen LogP contribution in [0.15, 0.2) is 0 Å². The summed E-state index contributed by atoms with van der Waals surface area (Å²) in [6.45, 7) is 3.72. The maximum atomic E-state index is 13.2. The number of carboxylic acid groups (broad SMARTS) is 1. The first-order valence-corrected chi connectivity index (χ1v) is 5.64. The van der Waals surface area contributed by atoms with Crippen molar-refractivity contribution in [2.75, 3.05) is 13.1 Å². The van der Waals surface area contributed by atoms with Crippen molar-refractivity contribution < 1.29 is 19.1 Å². The van der Waals surface area contributed by atoms with Crippen molar-refractivity contribution in [1.82, 2.24) is 4.90 Å². The summed E-state index contributed by atoms with van der Waals surface area (Å²) in [5.74, 6) is -1.47. The molecule has 0 aliphatic rings. The average molecular weight is 233 g/mol. The molecule has 94 valence electrons. The van der Waals surface area contributed by atoms with Crippen LogP contribution in [0.4, 0.5) is 4.39 Å². The van der Waals surface area contributed by atoms with Crippen LogP contribution in [0.3, 0.4) is 0 Å². The molecule has 1 amide bonds. The quantitative estimate of drug-likeness (QED) is 0.696. The molecule has 0 aromatic heterocycles. The van der Waals surface area contributed by atoms with Crippen LogP contribution >= 0.6 is 0 Å². The molecule has 0 radical (unpaired) electrons. The largest absolute Gasteiger partial charge is 0.480 e. The summed E-state index contributed by atoms with van der Waals surface area (Å²) in [5, 5.41) is 8.61. The zero-order valence-corrected chi connectivity index (χ0v) is 9.91. The lowest BCUT2D eigenvalue weighted by Crippen LogP contribution is -2.37. The van der Waals surface area contributed by atoms with E-state index in [1.807, 2.05) is 13.8 Å². The number of carbonyl (C=O) groups is 2. The normalized spacial score (nSPS) is 12.2. The van der Waals surface area contributed by atoms with Crippen LogP contribution in [0.25, 0.3) is 0 Å². The van der Waals surface area contributed by atoms with Gasteiger partial charge in [-0.3, -0.25) is 9.59 Å². The third kappa shape index (κ3) is 6.37. The number of hydrogen-bond acceptors (Lipinski definition) is 2. The van der Waals surface area contributed by atoms with Gasteiger partial charge in [-0.2, -0.15) is 0 Å². The van der Waals surface area contributed by atoms with Gasteiger partial charge < -0.3 is 10.0 Å². The van der Waals surface area contributed by atoms with E-state index >= 15 is 0 Å². The summed E-state index contributed by atoms with van der Waals surface area (Å²) in [5.41, 5.74) is 0. The SMILES string of the molecule is CCCC(F)CC(=O)N(CCC)CC(=O)O. The van der Waals surface area contributed by atoms with Crippen molar-refractivity contribution in [2.24, 2.45) is 0 Å². The number of rotatable bonds is 8. The van der Waals surface area contributed by atoms with Gasteiger partial charge in [0.05, 0.1) is 6.42 Å². The molecule has 1 atom stereocenters. The van der Waals surface area contributed by atoms with E-state index in [0.717, 1.165) is 0 Å². The topological polar surface area (TPSA) is 57.6 Å². The Morgan fingerprint density at radius 1 is 1.31 bits per heavy atom. The molecule has 4 nitrogen and oxygen atoms in total. The smallest absolute Gasteiger partial charge is 0.323 e. The number of carbonyl (C=O) groups excluding carboxylic acids is 1. The highest BCUT2D eigenvalue weighted by Crippen LogP contribution is 2.09. The van der Waals surface area contributed by atoms with Crippen LogP contribution in [0, 0.1) is 0 Å². The van der Waals surface area contributed by atoms with E-state index in [1.54, 1.807) is 0 Å². The van der Waals surface area contributed by atoms with Gasteiger partial charge in [0, 0.05) is 6.54 Å². The Balaban J connectivity index is 4.20. The molecule has 0 aliphatic carbocycles. The van der Waals surface area contributed by atoms with Crippen molar-refractivity contribution in [3.8, 4) is 0 Å². The van der Waals surface area contributed by atoms with E-state index < -0.39 is 18.0 Å². The van der Waals surface area contributed by atoms with E-state index in [9.17, 15) is 14.0 Å². The monoisotopic (exact) mass is 233 g/mol. The van der Waals surface area contributed by atoms with Gasteiger partial charge in [-0.25, -0.2) is 4.39 Å². The van der Waals surface area contributed by atoms with E-state index in [4.69, 9.17) is 5.11 Å². The second-order valence-electron chi connectivity index (χ2n) is 3.80. The molecule has 0 bridgehead atoms. The fraction of sp³-hybridized carbons (Fsp3) is 0.818. The molecule has 0 aromatic carbocycles. The summed E-state index contributed by atoms with van der Waals surface area (Å²) in [7, 11) is 0. The third-order valence-electron chi connectivity index (χ3n) is 2.17. The van der Waals surface area contributed by atoms with Gasteiger partial charge in [-0.05, 0) is 12.8 Å². The van der Waals surface area contributed by atoms with Gasteiger partial charge in [0.2, 0.25) is 5.91 Å². The summed E-state index contributed by atoms with van der Waals surface area (Å²) in [6, 6.07) is 0. The zero-order valence-electron chi connectivity index (χ0n) is 9.91. The predicted octanol–water partition coefficient (Wildman–Crippen LogP) is 1.84. The Labute approximate surface area is 95.4 Å². The molecular weight excluding hydrogens is 213 g/mol. The molecule has 1 unspecified atom stereocenters. The van der Waals surface area contributed by atoms with Crippen molar-refractivity contribution >= 4 is 11.9 Å². The van der Waals surface area contributed by atoms with Crippen LogP contribution in [0.5, 0.6) is 0 Å². The lowest BCUT2D eigenvalue weighted by Gasteiger charge is -2.20. The maximum absolute atomic E-state index is 13.2. The molecule has 5 heteroatoms. The van der Waals surface area contributed by atoms with Crippen LogP contribution in [-0.4, -0.2) is 41.1 Å². The minimum Gasteiger partial charge on any atom is -0.480 e. The molecule has 0 fully saturated rings. The molecule has 0 aromatic rings. The predicted molar refractivity (Wildman–Crippen MR) is 58.9 cm³/mol. The standard InChI is InChI=1S/C11H20FNO3/c1-3-5-9(12)7-10(14)13(6-4-2)8-11(15)16/h9H,3-8H2,1-2H3,(H,15,16). The van der Waals surface area contributed by atoms with Gasteiger partial charge in [0.1, 0.15) is 12.7 Å². The van der Waals surface area contributed by atoms with Gasteiger partial charge >= 0.3 is 5.97 Å². The van der Waals surface area contributed by atoms with Crippen LogP contribution in [0.1, 0.15) is 39.5 Å². The molecule has 0 rings (SSSR count). The highest BCUT2D eigenvalue weighted by atomic mass is 19.1. The first-order chi connectivity index (χ1) is 7.51. The second-order valence-corrected chi connectivity index (χ2v) is 3.80. The fourth-order valence-electron chi connectivity index (χ4n) is 1.46. The van der Waals surface area contributed by atoms with E-state index in [1.165, 1.54) is 4.90 Å². The van der Waals surface area contributed by atoms with Crippen molar-refractivity contribution in [2.45, 2.75) is 45.7 Å². The van der Waals surface area contributed by atoms with E-state index in [2.05, 4.69) is 0 Å². The van der Waals surface area contributed by atoms with Crippen molar-refractivity contribution in [3.05, 3.63) is 0 Å². The second kappa shape index (κ2) is 8.07. The van der Waals surface area contributed by atoms with Crippen molar-refractivity contribution in [1.29, 1.82) is 0 Å². The lowest BCUT2D eigenvalue weighted by molar-refractivity contribution is -0.145. The highest BCUT2D eigenvalue weighted by molar-refractivity contribution is 5.81. The molecule has 0 spiro atoms. The van der Waals surface area contributed by atoms with E-state index in [0.29, 0.717) is 25.8 Å². The molecule has 0 heterocycles. The molecule has 0 saturated carbocycles. The highest BCUT2D eigenvalue weighted by Gasteiger charge is 2.19. The first-order valence-electron chi connectivity index (χ1n) is 5.64. The third-order valence-corrected chi connectivity index (χ3v) is 2.17. The molecule has 16 heavy (non-hydrogen) atoms. The van der Waals surface area contributed by atoms with Crippen LogP contribution in [-0.2, 0) is 9.59 Å². The minimum absolute atomic E-state index is 0.207. The van der Waals surface area contributed by atoms with Gasteiger partial charge in [-0.15, -0.1) is 0 Å². The van der Waals surface area contributed by atoms with Crippen molar-refractivity contribution in [3.63, 3.8) is 0 Å². The summed E-state index contributed by atoms with van der Waals surface area (Å²) < 4.78 is 13.2. The van der Waals surface area contributed by atoms with Crippen LogP contribution in [0.2, 0.25) is 0 Å². The number of carboxylic acids is 1.